The van der Waals surface area contributed by atoms with Crippen LogP contribution in [0.1, 0.15) is 66.6 Å². The molecule has 8 nitrogen and oxygen atoms in total. The van der Waals surface area contributed by atoms with Gasteiger partial charge >= 0.3 is 5.97 Å². The van der Waals surface area contributed by atoms with Gasteiger partial charge in [0.1, 0.15) is 17.4 Å². The van der Waals surface area contributed by atoms with Crippen LogP contribution in [0, 0.1) is 11.2 Å². The van der Waals surface area contributed by atoms with Gasteiger partial charge in [0.25, 0.3) is 5.56 Å². The summed E-state index contributed by atoms with van der Waals surface area (Å²) in [5, 5.41) is 0. The normalized spacial score (nSPS) is 24.3. The molecule has 3 aliphatic rings. The van der Waals surface area contributed by atoms with Crippen LogP contribution in [0.5, 0.6) is 11.5 Å². The van der Waals surface area contributed by atoms with Gasteiger partial charge in [0.2, 0.25) is 0 Å². The first-order chi connectivity index (χ1) is 18.4. The number of fused-ring (bicyclic) bond motifs is 3. The Kier molecular flexibility index (Phi) is 5.11. The van der Waals surface area contributed by atoms with Crippen LogP contribution in [0.4, 0.5) is 4.39 Å². The molecule has 1 aromatic heterocycles. The van der Waals surface area contributed by atoms with E-state index in [0.717, 1.165) is 10.6 Å². The summed E-state index contributed by atoms with van der Waals surface area (Å²) in [7, 11) is 1.55. The molecule has 9 heteroatoms. The number of halogens is 1. The molecule has 188 valence electrons. The van der Waals surface area contributed by atoms with Crippen molar-refractivity contribution >= 4 is 5.97 Å². The summed E-state index contributed by atoms with van der Waals surface area (Å²) in [5.74, 6) is -1.56. The van der Waals surface area contributed by atoms with Gasteiger partial charge in [-0.05, 0) is 31.8 Å². The molecule has 0 N–H and O–H groups in total. The number of hydrogen-bond donors (Lipinski definition) is 0. The predicted octanol–water partition coefficient (Wildman–Crippen LogP) is 4.05. The Balaban J connectivity index is 1.75. The average Bonchev–Trinajstić information content (AvgIpc) is 3.27. The zero-order chi connectivity index (χ0) is 28.3. The topological polar surface area (TPSA) is 85.2 Å². The molecule has 2 fully saturated rings. The Morgan fingerprint density at radius 1 is 1.29 bits per heavy atom. The van der Waals surface area contributed by atoms with E-state index in [-0.39, 0.29) is 41.5 Å². The fourth-order valence-corrected chi connectivity index (χ4v) is 4.51. The SMILES string of the molecule is [2H]C1([2H])C(n2c3c(cc(C(=O)OCC)c2=O)C(C2(C)COC2)Oc2cc(OCCCOC)c(F)cc2-3)C1([2H])[2H]. The molecule has 0 spiro atoms. The minimum atomic E-state index is -2.42. The largest absolute Gasteiger partial charge is 0.490 e. The number of esters is 1. The van der Waals surface area contributed by atoms with Crippen molar-refractivity contribution in [2.45, 2.75) is 45.2 Å². The van der Waals surface area contributed by atoms with Gasteiger partial charge in [-0.3, -0.25) is 4.79 Å². The second-order valence-corrected chi connectivity index (χ2v) is 9.07. The van der Waals surface area contributed by atoms with Crippen LogP contribution in [0.3, 0.4) is 0 Å². The smallest absolute Gasteiger partial charge is 0.343 e. The molecule has 3 heterocycles. The van der Waals surface area contributed by atoms with Crippen molar-refractivity contribution < 1.29 is 38.4 Å². The first kappa shape index (κ1) is 19.3. The van der Waals surface area contributed by atoms with Crippen LogP contribution in [0.2, 0.25) is 0 Å². The fourth-order valence-electron chi connectivity index (χ4n) is 4.51. The van der Waals surface area contributed by atoms with Crippen LogP contribution in [0.15, 0.2) is 23.0 Å². The maximum absolute atomic E-state index is 15.3. The van der Waals surface area contributed by atoms with Crippen molar-refractivity contribution in [3.05, 3.63) is 45.5 Å². The van der Waals surface area contributed by atoms with E-state index in [1.807, 2.05) is 6.92 Å². The number of nitrogens with zero attached hydrogens (tertiary/aromatic N) is 1. The number of hydrogen-bond acceptors (Lipinski definition) is 7. The monoisotopic (exact) mass is 491 g/mol. The van der Waals surface area contributed by atoms with Crippen LogP contribution in [-0.4, -0.2) is 50.7 Å². The van der Waals surface area contributed by atoms with Gasteiger partial charge in [0.15, 0.2) is 11.6 Å². The first-order valence-electron chi connectivity index (χ1n) is 13.6. The highest BCUT2D eigenvalue weighted by Crippen LogP contribution is 2.53. The third-order valence-electron chi connectivity index (χ3n) is 6.35. The van der Waals surface area contributed by atoms with Crippen molar-refractivity contribution in [1.29, 1.82) is 0 Å². The second-order valence-electron chi connectivity index (χ2n) is 9.07. The highest BCUT2D eigenvalue weighted by molar-refractivity contribution is 5.90. The highest BCUT2D eigenvalue weighted by atomic mass is 19.1. The molecule has 0 radical (unpaired) electrons. The molecule has 1 unspecified atom stereocenters. The minimum Gasteiger partial charge on any atom is -0.490 e. The number of rotatable bonds is 9. The molecule has 2 aliphatic heterocycles. The zero-order valence-corrected chi connectivity index (χ0v) is 19.8. The quantitative estimate of drug-likeness (QED) is 0.386. The predicted molar refractivity (Wildman–Crippen MR) is 125 cm³/mol. The summed E-state index contributed by atoms with van der Waals surface area (Å²) >= 11 is 0. The van der Waals surface area contributed by atoms with Gasteiger partial charge in [-0.1, -0.05) is 6.92 Å². The lowest BCUT2D eigenvalue weighted by Gasteiger charge is -2.46. The third-order valence-corrected chi connectivity index (χ3v) is 6.35. The molecule has 1 aliphatic carbocycles. The molecular formula is C26H30FNO7. The lowest BCUT2D eigenvalue weighted by atomic mass is 9.76. The van der Waals surface area contributed by atoms with E-state index in [0.29, 0.717) is 31.8 Å². The van der Waals surface area contributed by atoms with Gasteiger partial charge in [-0.2, -0.15) is 0 Å². The molecule has 1 saturated carbocycles. The van der Waals surface area contributed by atoms with Crippen LogP contribution < -0.4 is 15.0 Å². The van der Waals surface area contributed by atoms with E-state index < -0.39 is 47.7 Å². The molecule has 0 amide bonds. The van der Waals surface area contributed by atoms with E-state index in [4.69, 9.17) is 29.2 Å². The van der Waals surface area contributed by atoms with Gasteiger partial charge in [0.05, 0.1) is 37.5 Å². The Morgan fingerprint density at radius 3 is 2.69 bits per heavy atom. The van der Waals surface area contributed by atoms with Crippen LogP contribution >= 0.6 is 0 Å². The van der Waals surface area contributed by atoms with Crippen LogP contribution in [-0.2, 0) is 14.2 Å². The maximum atomic E-state index is 15.3. The number of carbonyl (C=O) groups is 1. The molecule has 5 rings (SSSR count). The number of carbonyl (C=O) groups excluding carboxylic acids is 1. The Labute approximate surface area is 208 Å². The van der Waals surface area contributed by atoms with Crippen molar-refractivity contribution in [2.24, 2.45) is 5.41 Å². The molecule has 1 saturated heterocycles. The van der Waals surface area contributed by atoms with Crippen molar-refractivity contribution in [3.63, 3.8) is 0 Å². The van der Waals surface area contributed by atoms with Crippen molar-refractivity contribution in [1.82, 2.24) is 4.57 Å². The van der Waals surface area contributed by atoms with Gasteiger partial charge < -0.3 is 28.3 Å². The molecule has 1 atom stereocenters. The van der Waals surface area contributed by atoms with E-state index >= 15 is 4.39 Å². The minimum absolute atomic E-state index is 0.00682. The Bertz CT molecular complexity index is 1360. The number of aromatic nitrogens is 1. The van der Waals surface area contributed by atoms with Crippen molar-refractivity contribution in [3.8, 4) is 22.8 Å². The summed E-state index contributed by atoms with van der Waals surface area (Å²) in [5.41, 5.74) is -1.37. The zero-order valence-electron chi connectivity index (χ0n) is 23.8. The lowest BCUT2D eigenvalue weighted by molar-refractivity contribution is -0.156. The summed E-state index contributed by atoms with van der Waals surface area (Å²) < 4.78 is 76.9. The van der Waals surface area contributed by atoms with Crippen molar-refractivity contribution in [2.75, 3.05) is 40.1 Å². The number of ether oxygens (including phenoxy) is 5. The summed E-state index contributed by atoms with van der Waals surface area (Å²) in [6.07, 6.45) is -5.09. The Morgan fingerprint density at radius 2 is 2.06 bits per heavy atom. The van der Waals surface area contributed by atoms with Crippen LogP contribution in [0.25, 0.3) is 11.3 Å². The van der Waals surface area contributed by atoms with Gasteiger partial charge in [0, 0.05) is 48.9 Å². The Hall–Kier alpha value is -2.91. The molecular weight excluding hydrogens is 457 g/mol. The summed E-state index contributed by atoms with van der Waals surface area (Å²) in [4.78, 5) is 26.6. The fraction of sp³-hybridized carbons (Fsp3) is 0.538. The highest BCUT2D eigenvalue weighted by Gasteiger charge is 2.49. The van der Waals surface area contributed by atoms with Gasteiger partial charge in [-0.25, -0.2) is 9.18 Å². The van der Waals surface area contributed by atoms with E-state index in [1.54, 1.807) is 14.0 Å². The third kappa shape index (κ3) is 4.21. The molecule has 1 aromatic carbocycles. The number of benzene rings is 1. The van der Waals surface area contributed by atoms with Gasteiger partial charge in [-0.15, -0.1) is 0 Å². The number of pyridine rings is 1. The van der Waals surface area contributed by atoms with E-state index in [1.165, 1.54) is 12.1 Å². The summed E-state index contributed by atoms with van der Waals surface area (Å²) in [6.45, 7) is 4.69. The summed E-state index contributed by atoms with van der Waals surface area (Å²) in [6, 6.07) is 2.28. The lowest BCUT2D eigenvalue weighted by Crippen LogP contribution is -2.48. The maximum Gasteiger partial charge on any atom is 0.343 e. The molecule has 2 aromatic rings. The first-order valence-corrected chi connectivity index (χ1v) is 11.6. The van der Waals surface area contributed by atoms with E-state index in [9.17, 15) is 9.59 Å². The van der Waals surface area contributed by atoms with E-state index in [2.05, 4.69) is 0 Å². The average molecular weight is 492 g/mol. The standard InChI is InChI=1S/C26H30FNO7/c1-4-33-25(30)18-10-17-22(28(24(18)29)15-6-7-15)16-11-19(27)21(34-9-5-8-31-3)12-20(16)35-23(17)26(2)13-32-14-26/h10-12,15,23H,4-9,13-14H2,1-3H3/i6D2,7D2. The number of methoxy groups -OCH3 is 1. The molecule has 0 bridgehead atoms. The molecule has 35 heavy (non-hydrogen) atoms. The second kappa shape index (κ2) is 9.28.